The van der Waals surface area contributed by atoms with Crippen LogP contribution < -0.4 is 0 Å². The summed E-state index contributed by atoms with van der Waals surface area (Å²) in [6, 6.07) is 2.71. The summed E-state index contributed by atoms with van der Waals surface area (Å²) >= 11 is 0. The second kappa shape index (κ2) is 2.49. The van der Waals surface area contributed by atoms with Crippen LogP contribution in [0.2, 0.25) is 0 Å². The molecule has 0 aromatic carbocycles. The molecule has 0 aliphatic rings. The third-order valence-electron chi connectivity index (χ3n) is 0.978. The molecule has 0 spiro atoms. The number of nitrogens with zero attached hydrogens (tertiary/aromatic N) is 1. The van der Waals surface area contributed by atoms with E-state index in [2.05, 4.69) is 4.42 Å². The lowest BCUT2D eigenvalue weighted by molar-refractivity contribution is -0.592. The standard InChI is InChI=1S/C5H4NO4/c7-5(6(8)9)4-2-1-3-10-4/h1-3,5H. The van der Waals surface area contributed by atoms with E-state index >= 15 is 0 Å². The van der Waals surface area contributed by atoms with Gasteiger partial charge in [0.1, 0.15) is 0 Å². The summed E-state index contributed by atoms with van der Waals surface area (Å²) in [5.74, 6) is -0.162. The van der Waals surface area contributed by atoms with E-state index in [-0.39, 0.29) is 5.76 Å². The van der Waals surface area contributed by atoms with Gasteiger partial charge in [-0.1, -0.05) is 0 Å². The maximum Gasteiger partial charge on any atom is 0.399 e. The molecule has 5 nitrogen and oxygen atoms in total. The number of hydrogen-bond donors (Lipinski definition) is 0. The van der Waals surface area contributed by atoms with Gasteiger partial charge in [0.25, 0.3) is 0 Å². The van der Waals surface area contributed by atoms with Crippen molar-refractivity contribution < 1.29 is 14.4 Å². The Labute approximate surface area is 56.0 Å². The average molecular weight is 142 g/mol. The van der Waals surface area contributed by atoms with Crippen LogP contribution in [0.5, 0.6) is 0 Å². The highest BCUT2D eigenvalue weighted by molar-refractivity contribution is 4.98. The van der Waals surface area contributed by atoms with Gasteiger partial charge in [0.15, 0.2) is 0 Å². The zero-order valence-corrected chi connectivity index (χ0v) is 4.89. The van der Waals surface area contributed by atoms with E-state index in [0.29, 0.717) is 0 Å². The summed E-state index contributed by atoms with van der Waals surface area (Å²) in [6.45, 7) is 0. The highest BCUT2D eigenvalue weighted by Crippen LogP contribution is 2.13. The minimum atomic E-state index is -1.99. The quantitative estimate of drug-likeness (QED) is 0.351. The molecule has 1 atom stereocenters. The van der Waals surface area contributed by atoms with Crippen molar-refractivity contribution in [3.63, 3.8) is 0 Å². The lowest BCUT2D eigenvalue weighted by atomic mass is 10.4. The SMILES string of the molecule is [O]C(c1ccco1)[N+](=O)[O-]. The molecule has 0 fully saturated rings. The van der Waals surface area contributed by atoms with Crippen LogP contribution >= 0.6 is 0 Å². The van der Waals surface area contributed by atoms with Crippen LogP contribution in [0.3, 0.4) is 0 Å². The molecule has 1 aromatic rings. The predicted octanol–water partition coefficient (Wildman–Crippen LogP) is 0.985. The molecule has 1 heterocycles. The fraction of sp³-hybridized carbons (Fsp3) is 0.200. The van der Waals surface area contributed by atoms with Crippen molar-refractivity contribution in [2.45, 2.75) is 6.23 Å². The van der Waals surface area contributed by atoms with E-state index < -0.39 is 11.2 Å². The monoisotopic (exact) mass is 142 g/mol. The van der Waals surface area contributed by atoms with Crippen LogP contribution in [0.1, 0.15) is 12.0 Å². The van der Waals surface area contributed by atoms with Crippen molar-refractivity contribution in [1.82, 2.24) is 0 Å². The minimum Gasteiger partial charge on any atom is -0.459 e. The second-order valence-electron chi connectivity index (χ2n) is 1.65. The third-order valence-corrected chi connectivity index (χ3v) is 0.978. The van der Waals surface area contributed by atoms with Crippen LogP contribution in [0.15, 0.2) is 22.8 Å². The molecule has 53 valence electrons. The van der Waals surface area contributed by atoms with Gasteiger partial charge in [-0.3, -0.25) is 10.1 Å². The van der Waals surface area contributed by atoms with Gasteiger partial charge in [0.2, 0.25) is 5.76 Å². The second-order valence-corrected chi connectivity index (χ2v) is 1.65. The van der Waals surface area contributed by atoms with Gasteiger partial charge < -0.3 is 4.42 Å². The molecule has 1 aromatic heterocycles. The fourth-order valence-electron chi connectivity index (χ4n) is 0.536. The molecule has 10 heavy (non-hydrogen) atoms. The van der Waals surface area contributed by atoms with E-state index in [0.717, 1.165) is 0 Å². The normalized spacial score (nSPS) is 12.9. The molecular weight excluding hydrogens is 138 g/mol. The fourth-order valence-corrected chi connectivity index (χ4v) is 0.536. The third kappa shape index (κ3) is 1.14. The first-order chi connectivity index (χ1) is 4.72. The number of nitro groups is 1. The summed E-state index contributed by atoms with van der Waals surface area (Å²) in [6.07, 6.45) is -0.765. The molecule has 1 unspecified atom stereocenters. The maximum absolute atomic E-state index is 10.5. The van der Waals surface area contributed by atoms with E-state index in [1.165, 1.54) is 18.4 Å². The molecule has 0 saturated carbocycles. The van der Waals surface area contributed by atoms with Crippen molar-refractivity contribution >= 4 is 0 Å². The molecule has 0 bridgehead atoms. The first-order valence-corrected chi connectivity index (χ1v) is 2.54. The molecule has 0 aliphatic heterocycles. The number of furan rings is 1. The highest BCUT2D eigenvalue weighted by Gasteiger charge is 2.22. The van der Waals surface area contributed by atoms with E-state index in [4.69, 9.17) is 0 Å². The molecule has 1 rings (SSSR count). The Morgan fingerprint density at radius 3 is 2.80 bits per heavy atom. The molecule has 0 N–H and O–H groups in total. The summed E-state index contributed by atoms with van der Waals surface area (Å²) < 4.78 is 4.50. The Balaban J connectivity index is 2.77. The van der Waals surface area contributed by atoms with Crippen LogP contribution in [0, 0.1) is 10.1 Å². The van der Waals surface area contributed by atoms with Crippen LogP contribution in [-0.4, -0.2) is 4.92 Å². The van der Waals surface area contributed by atoms with Crippen LogP contribution in [0.25, 0.3) is 0 Å². The first kappa shape index (κ1) is 6.76. The molecule has 1 radical (unpaired) electrons. The van der Waals surface area contributed by atoms with Crippen molar-refractivity contribution in [3.05, 3.63) is 34.3 Å². The van der Waals surface area contributed by atoms with Gasteiger partial charge in [-0.05, 0) is 12.1 Å². The van der Waals surface area contributed by atoms with Gasteiger partial charge in [0.05, 0.1) is 11.2 Å². The largest absolute Gasteiger partial charge is 0.459 e. The first-order valence-electron chi connectivity index (χ1n) is 2.54. The Morgan fingerprint density at radius 1 is 1.70 bits per heavy atom. The van der Waals surface area contributed by atoms with Crippen LogP contribution in [-0.2, 0) is 5.11 Å². The Kier molecular flexibility index (Phi) is 1.68. The van der Waals surface area contributed by atoms with E-state index in [1.54, 1.807) is 0 Å². The van der Waals surface area contributed by atoms with Crippen molar-refractivity contribution in [3.8, 4) is 0 Å². The van der Waals surface area contributed by atoms with Crippen LogP contribution in [0.4, 0.5) is 0 Å². The summed E-state index contributed by atoms with van der Waals surface area (Å²) in [5, 5.41) is 20.3. The highest BCUT2D eigenvalue weighted by atomic mass is 16.7. The number of rotatable bonds is 2. The maximum atomic E-state index is 10.5. The Morgan fingerprint density at radius 2 is 2.40 bits per heavy atom. The smallest absolute Gasteiger partial charge is 0.399 e. The van der Waals surface area contributed by atoms with E-state index in [1.807, 2.05) is 0 Å². The van der Waals surface area contributed by atoms with Gasteiger partial charge in [0, 0.05) is 0 Å². The lowest BCUT2D eigenvalue weighted by Crippen LogP contribution is -2.05. The van der Waals surface area contributed by atoms with E-state index in [9.17, 15) is 15.2 Å². The molecule has 0 saturated heterocycles. The Bertz CT molecular complexity index is 218. The van der Waals surface area contributed by atoms with Crippen molar-refractivity contribution in [2.24, 2.45) is 0 Å². The molecule has 5 heteroatoms. The zero-order chi connectivity index (χ0) is 7.56. The van der Waals surface area contributed by atoms with Gasteiger partial charge in [-0.2, -0.15) is 0 Å². The zero-order valence-electron chi connectivity index (χ0n) is 4.89. The molecule has 0 amide bonds. The van der Waals surface area contributed by atoms with Crippen molar-refractivity contribution in [2.75, 3.05) is 0 Å². The lowest BCUT2D eigenvalue weighted by Gasteiger charge is -1.92. The summed E-state index contributed by atoms with van der Waals surface area (Å²) in [4.78, 5) is 8.89. The van der Waals surface area contributed by atoms with Gasteiger partial charge in [-0.15, -0.1) is 5.11 Å². The predicted molar refractivity (Wildman–Crippen MR) is 29.1 cm³/mol. The molecular formula is C5H4NO4. The number of hydrogen-bond acceptors (Lipinski definition) is 3. The topological polar surface area (TPSA) is 76.2 Å². The minimum absolute atomic E-state index is 0.162. The molecule has 0 aliphatic carbocycles. The Hall–Kier alpha value is -1.36. The van der Waals surface area contributed by atoms with Crippen molar-refractivity contribution in [1.29, 1.82) is 0 Å². The van der Waals surface area contributed by atoms with Gasteiger partial charge >= 0.3 is 6.23 Å². The average Bonchev–Trinajstić information content (AvgIpc) is 2.36. The van der Waals surface area contributed by atoms with Gasteiger partial charge in [-0.25, -0.2) is 0 Å². The summed E-state index contributed by atoms with van der Waals surface area (Å²) in [5.41, 5.74) is 0. The summed E-state index contributed by atoms with van der Waals surface area (Å²) in [7, 11) is 0.